The molecule has 46 valence electrons. The van der Waals surface area contributed by atoms with Crippen molar-refractivity contribution in [1.29, 1.82) is 0 Å². The number of hydrogen-bond donors (Lipinski definition) is 1. The maximum atomic E-state index is 10.1. The van der Waals surface area contributed by atoms with E-state index in [0.29, 0.717) is 6.29 Å². The van der Waals surface area contributed by atoms with Crippen molar-refractivity contribution in [3.63, 3.8) is 0 Å². The minimum absolute atomic E-state index is 0.0648. The van der Waals surface area contributed by atoms with Crippen LogP contribution in [-0.4, -0.2) is 30.8 Å². The Morgan fingerprint density at radius 3 is 2.50 bits per heavy atom. The number of urea groups is 1. The van der Waals surface area contributed by atoms with Gasteiger partial charge in [-0.2, -0.15) is 0 Å². The lowest BCUT2D eigenvalue weighted by Gasteiger charge is -2.07. The summed E-state index contributed by atoms with van der Waals surface area (Å²) in [6, 6.07) is -0.586. The summed E-state index contributed by atoms with van der Waals surface area (Å²) in [5, 5.41) is 0. The molecular weight excluding hydrogens is 108 g/mol. The molecule has 0 spiro atoms. The molecule has 0 saturated carbocycles. The fourth-order valence-corrected chi connectivity index (χ4v) is 0.202. The van der Waals surface area contributed by atoms with Crippen molar-refractivity contribution >= 4 is 12.3 Å². The van der Waals surface area contributed by atoms with Crippen molar-refractivity contribution in [3.8, 4) is 0 Å². The van der Waals surface area contributed by atoms with Crippen molar-refractivity contribution in [1.82, 2.24) is 4.90 Å². The molecule has 0 aliphatic rings. The molecule has 0 aliphatic heterocycles. The third-order valence-corrected chi connectivity index (χ3v) is 0.725. The summed E-state index contributed by atoms with van der Waals surface area (Å²) in [5.41, 5.74) is 4.75. The number of nitrogens with zero attached hydrogens (tertiary/aromatic N) is 1. The van der Waals surface area contributed by atoms with E-state index in [4.69, 9.17) is 5.73 Å². The van der Waals surface area contributed by atoms with E-state index in [1.165, 1.54) is 7.05 Å². The van der Waals surface area contributed by atoms with E-state index in [1.54, 1.807) is 0 Å². The largest absolute Gasteiger partial charge is 0.351 e. The summed E-state index contributed by atoms with van der Waals surface area (Å²) in [5.74, 6) is 0. The molecule has 2 amide bonds. The zero-order valence-electron chi connectivity index (χ0n) is 4.63. The summed E-state index contributed by atoms with van der Waals surface area (Å²) in [7, 11) is 1.46. The Kier molecular flexibility index (Phi) is 2.61. The highest BCUT2D eigenvalue weighted by Crippen LogP contribution is 1.74. The fourth-order valence-electron chi connectivity index (χ4n) is 0.202. The Morgan fingerprint density at radius 2 is 2.38 bits per heavy atom. The fraction of sp³-hybridized carbons (Fsp3) is 0.500. The number of nitrogens with two attached hydrogens (primary N) is 1. The van der Waals surface area contributed by atoms with Gasteiger partial charge in [-0.15, -0.1) is 0 Å². The standard InChI is InChI=1S/C4H8N2O2/c1-6(2-3-7)4(5)8/h3H,2H2,1H3,(H2,5,8). The molecule has 0 aromatic heterocycles. The average Bonchev–Trinajstić information content (AvgIpc) is 1.67. The van der Waals surface area contributed by atoms with E-state index in [9.17, 15) is 9.59 Å². The van der Waals surface area contributed by atoms with Crippen LogP contribution in [0.3, 0.4) is 0 Å². The number of carbonyl (C=O) groups is 2. The molecule has 2 N–H and O–H groups in total. The number of rotatable bonds is 2. The zero-order valence-corrected chi connectivity index (χ0v) is 4.63. The molecule has 0 radical (unpaired) electrons. The van der Waals surface area contributed by atoms with Crippen LogP contribution in [0, 0.1) is 0 Å². The molecule has 8 heavy (non-hydrogen) atoms. The van der Waals surface area contributed by atoms with Crippen LogP contribution in [0.15, 0.2) is 0 Å². The van der Waals surface area contributed by atoms with Crippen LogP contribution in [0.2, 0.25) is 0 Å². The maximum Gasteiger partial charge on any atom is 0.314 e. The highest BCUT2D eigenvalue weighted by Gasteiger charge is 1.98. The van der Waals surface area contributed by atoms with Gasteiger partial charge in [-0.05, 0) is 0 Å². The molecule has 0 atom stereocenters. The molecule has 0 bridgehead atoms. The molecule has 0 aromatic carbocycles. The van der Waals surface area contributed by atoms with Crippen LogP contribution in [0.5, 0.6) is 0 Å². The van der Waals surface area contributed by atoms with E-state index >= 15 is 0 Å². The van der Waals surface area contributed by atoms with Gasteiger partial charge in [0.2, 0.25) is 0 Å². The van der Waals surface area contributed by atoms with E-state index in [1.807, 2.05) is 0 Å². The van der Waals surface area contributed by atoms with Gasteiger partial charge in [0.25, 0.3) is 0 Å². The number of likely N-dealkylation sites (N-methyl/N-ethyl adjacent to an activating group) is 1. The average molecular weight is 116 g/mol. The van der Waals surface area contributed by atoms with Gasteiger partial charge in [-0.1, -0.05) is 0 Å². The first kappa shape index (κ1) is 6.94. The second kappa shape index (κ2) is 3.01. The van der Waals surface area contributed by atoms with E-state index in [0.717, 1.165) is 4.90 Å². The highest BCUT2D eigenvalue weighted by atomic mass is 16.2. The van der Waals surface area contributed by atoms with Crippen LogP contribution in [0.4, 0.5) is 4.79 Å². The molecular formula is C4H8N2O2. The topological polar surface area (TPSA) is 63.4 Å². The molecule has 0 unspecified atom stereocenters. The second-order valence-electron chi connectivity index (χ2n) is 1.39. The normalized spacial score (nSPS) is 8.12. The number of aldehydes is 1. The van der Waals surface area contributed by atoms with Gasteiger partial charge < -0.3 is 15.4 Å². The molecule has 0 aliphatic carbocycles. The minimum Gasteiger partial charge on any atom is -0.351 e. The lowest BCUT2D eigenvalue weighted by molar-refractivity contribution is -0.108. The first-order valence-electron chi connectivity index (χ1n) is 2.12. The Morgan fingerprint density at radius 1 is 1.88 bits per heavy atom. The lowest BCUT2D eigenvalue weighted by atomic mass is 10.6. The van der Waals surface area contributed by atoms with Gasteiger partial charge in [0, 0.05) is 7.05 Å². The van der Waals surface area contributed by atoms with Gasteiger partial charge in [0.1, 0.15) is 6.29 Å². The van der Waals surface area contributed by atoms with Gasteiger partial charge in [-0.3, -0.25) is 0 Å². The number of primary amides is 1. The summed E-state index contributed by atoms with van der Waals surface area (Å²) < 4.78 is 0. The third kappa shape index (κ3) is 2.17. The van der Waals surface area contributed by atoms with Crippen molar-refractivity contribution < 1.29 is 9.59 Å². The molecule has 4 nitrogen and oxygen atoms in total. The predicted octanol–water partition coefficient (Wildman–Crippen LogP) is -0.804. The van der Waals surface area contributed by atoms with Crippen molar-refractivity contribution in [2.75, 3.05) is 13.6 Å². The van der Waals surface area contributed by atoms with Gasteiger partial charge in [0.15, 0.2) is 0 Å². The van der Waals surface area contributed by atoms with Gasteiger partial charge in [0.05, 0.1) is 6.54 Å². The summed E-state index contributed by atoms with van der Waals surface area (Å²) in [6.07, 6.45) is 0.616. The van der Waals surface area contributed by atoms with Gasteiger partial charge in [-0.25, -0.2) is 4.79 Å². The van der Waals surface area contributed by atoms with Crippen molar-refractivity contribution in [2.24, 2.45) is 5.73 Å². The summed E-state index contributed by atoms with van der Waals surface area (Å²) >= 11 is 0. The third-order valence-electron chi connectivity index (χ3n) is 0.725. The van der Waals surface area contributed by atoms with Crippen molar-refractivity contribution in [2.45, 2.75) is 0 Å². The maximum absolute atomic E-state index is 10.1. The molecule has 0 aromatic rings. The van der Waals surface area contributed by atoms with E-state index < -0.39 is 6.03 Å². The molecule has 0 fully saturated rings. The Bertz CT molecular complexity index is 102. The number of amides is 2. The van der Waals surface area contributed by atoms with E-state index in [-0.39, 0.29) is 6.54 Å². The molecule has 0 heterocycles. The predicted molar refractivity (Wildman–Crippen MR) is 28.3 cm³/mol. The smallest absolute Gasteiger partial charge is 0.314 e. The minimum atomic E-state index is -0.586. The molecule has 0 saturated heterocycles. The van der Waals surface area contributed by atoms with Crippen LogP contribution < -0.4 is 5.73 Å². The van der Waals surface area contributed by atoms with Crippen LogP contribution in [0.1, 0.15) is 0 Å². The second-order valence-corrected chi connectivity index (χ2v) is 1.39. The first-order valence-corrected chi connectivity index (χ1v) is 2.12. The lowest BCUT2D eigenvalue weighted by Crippen LogP contribution is -2.33. The summed E-state index contributed by atoms with van der Waals surface area (Å²) in [4.78, 5) is 20.9. The first-order chi connectivity index (χ1) is 3.68. The zero-order chi connectivity index (χ0) is 6.57. The van der Waals surface area contributed by atoms with Crippen LogP contribution >= 0.6 is 0 Å². The molecule has 4 heteroatoms. The van der Waals surface area contributed by atoms with Crippen molar-refractivity contribution in [3.05, 3.63) is 0 Å². The Balaban J connectivity index is 3.46. The Hall–Kier alpha value is -1.06. The van der Waals surface area contributed by atoms with E-state index in [2.05, 4.69) is 0 Å². The van der Waals surface area contributed by atoms with Gasteiger partial charge >= 0.3 is 6.03 Å². The number of hydrogen-bond acceptors (Lipinski definition) is 2. The monoisotopic (exact) mass is 116 g/mol. The highest BCUT2D eigenvalue weighted by molar-refractivity contribution is 5.74. The number of carbonyl (C=O) groups excluding carboxylic acids is 2. The summed E-state index contributed by atoms with van der Waals surface area (Å²) in [6.45, 7) is 0.0648. The Labute approximate surface area is 47.3 Å². The van der Waals surface area contributed by atoms with Crippen LogP contribution in [-0.2, 0) is 4.79 Å². The quantitative estimate of drug-likeness (QED) is 0.480. The molecule has 0 rings (SSSR count). The SMILES string of the molecule is CN(CC=O)C(N)=O. The van der Waals surface area contributed by atoms with Crippen LogP contribution in [0.25, 0.3) is 0 Å².